The third-order valence-corrected chi connectivity index (χ3v) is 2.58. The Bertz CT molecular complexity index is 531. The van der Waals surface area contributed by atoms with Crippen LogP contribution in [0, 0.1) is 0 Å². The van der Waals surface area contributed by atoms with Gasteiger partial charge in [-0.15, -0.1) is 0 Å². The molecule has 0 saturated carbocycles. The quantitative estimate of drug-likeness (QED) is 0.928. The first-order valence-corrected chi connectivity index (χ1v) is 5.77. The highest BCUT2D eigenvalue weighted by Crippen LogP contribution is 2.28. The molecule has 0 aliphatic heterocycles. The van der Waals surface area contributed by atoms with Gasteiger partial charge in [0.2, 0.25) is 0 Å². The van der Waals surface area contributed by atoms with Crippen LogP contribution >= 0.6 is 0 Å². The van der Waals surface area contributed by atoms with Gasteiger partial charge in [0, 0.05) is 31.0 Å². The molecule has 0 saturated heterocycles. The Morgan fingerprint density at radius 1 is 1.26 bits per heavy atom. The number of anilines is 1. The first-order valence-electron chi connectivity index (χ1n) is 5.77. The molecular weight excluding hydrogens is 257 g/mol. The Kier molecular flexibility index (Phi) is 3.73. The largest absolute Gasteiger partial charge is 0.417 e. The first-order chi connectivity index (χ1) is 8.99. The van der Waals surface area contributed by atoms with Crippen LogP contribution in [0.4, 0.5) is 19.0 Å². The summed E-state index contributed by atoms with van der Waals surface area (Å²) in [7, 11) is 0. The molecule has 0 unspecified atom stereocenters. The highest BCUT2D eigenvalue weighted by molar-refractivity contribution is 5.36. The van der Waals surface area contributed by atoms with E-state index in [2.05, 4.69) is 15.4 Å². The highest BCUT2D eigenvalue weighted by Gasteiger charge is 2.30. The van der Waals surface area contributed by atoms with Crippen molar-refractivity contribution < 1.29 is 13.2 Å². The van der Waals surface area contributed by atoms with E-state index in [-0.39, 0.29) is 0 Å². The Morgan fingerprint density at radius 2 is 2.05 bits per heavy atom. The monoisotopic (exact) mass is 270 g/mol. The molecule has 0 atom stereocenters. The van der Waals surface area contributed by atoms with Crippen LogP contribution in [-0.2, 0) is 19.3 Å². The predicted octanol–water partition coefficient (Wildman–Crippen LogP) is 2.93. The van der Waals surface area contributed by atoms with Gasteiger partial charge in [0.05, 0.1) is 11.8 Å². The summed E-state index contributed by atoms with van der Waals surface area (Å²) < 4.78 is 38.8. The van der Waals surface area contributed by atoms with Gasteiger partial charge in [-0.3, -0.25) is 4.68 Å². The van der Waals surface area contributed by atoms with Crippen LogP contribution in [0.15, 0.2) is 30.7 Å². The number of nitrogens with zero attached hydrogens (tertiary/aromatic N) is 3. The number of rotatable bonds is 4. The van der Waals surface area contributed by atoms with Crippen molar-refractivity contribution in [1.82, 2.24) is 14.8 Å². The second-order valence-electron chi connectivity index (χ2n) is 3.99. The van der Waals surface area contributed by atoms with E-state index in [1.165, 1.54) is 6.07 Å². The van der Waals surface area contributed by atoms with Crippen molar-refractivity contribution in [3.05, 3.63) is 41.9 Å². The zero-order chi connectivity index (χ0) is 13.9. The van der Waals surface area contributed by atoms with Crippen molar-refractivity contribution in [2.45, 2.75) is 26.2 Å². The van der Waals surface area contributed by atoms with Gasteiger partial charge in [0.1, 0.15) is 5.82 Å². The summed E-state index contributed by atoms with van der Waals surface area (Å²) in [4.78, 5) is 3.73. The molecule has 0 aliphatic rings. The van der Waals surface area contributed by atoms with E-state index in [1.54, 1.807) is 10.9 Å². The van der Waals surface area contributed by atoms with Crippen molar-refractivity contribution >= 4 is 5.82 Å². The number of nitrogens with one attached hydrogen (secondary N) is 1. The number of aryl methyl sites for hydroxylation is 1. The summed E-state index contributed by atoms with van der Waals surface area (Å²) in [5.41, 5.74) is 0.195. The number of aromatic nitrogens is 3. The molecular formula is C12H13F3N4. The van der Waals surface area contributed by atoms with Gasteiger partial charge in [-0.1, -0.05) is 0 Å². The summed E-state index contributed by atoms with van der Waals surface area (Å²) in [5, 5.41) is 7.05. The molecule has 0 aliphatic carbocycles. The van der Waals surface area contributed by atoms with Crippen molar-refractivity contribution in [3.8, 4) is 0 Å². The molecule has 2 aromatic rings. The van der Waals surface area contributed by atoms with Crippen LogP contribution in [0.5, 0.6) is 0 Å². The van der Waals surface area contributed by atoms with Crippen molar-refractivity contribution in [2.75, 3.05) is 5.32 Å². The summed E-state index contributed by atoms with van der Waals surface area (Å²) in [5.74, 6) is 0.400. The zero-order valence-electron chi connectivity index (χ0n) is 10.3. The summed E-state index contributed by atoms with van der Waals surface area (Å²) >= 11 is 0. The van der Waals surface area contributed by atoms with E-state index < -0.39 is 11.7 Å². The number of alkyl halides is 3. The Labute approximate surface area is 108 Å². The fourth-order valence-electron chi connectivity index (χ4n) is 1.53. The van der Waals surface area contributed by atoms with Crippen LogP contribution in [-0.4, -0.2) is 14.8 Å². The van der Waals surface area contributed by atoms with E-state index in [4.69, 9.17) is 0 Å². The summed E-state index contributed by atoms with van der Waals surface area (Å²) in [6.45, 7) is 3.22. The molecule has 1 N–H and O–H groups in total. The maximum Gasteiger partial charge on any atom is 0.417 e. The van der Waals surface area contributed by atoms with E-state index in [9.17, 15) is 13.2 Å². The molecule has 102 valence electrons. The molecule has 0 spiro atoms. The normalized spacial score (nSPS) is 11.6. The lowest BCUT2D eigenvalue weighted by atomic mass is 10.3. The van der Waals surface area contributed by atoms with Gasteiger partial charge < -0.3 is 5.32 Å². The minimum Gasteiger partial charge on any atom is -0.366 e. The number of hydrogen-bond donors (Lipinski definition) is 1. The lowest BCUT2D eigenvalue weighted by Crippen LogP contribution is -2.07. The van der Waals surface area contributed by atoms with Crippen LogP contribution < -0.4 is 5.32 Å². The second-order valence-corrected chi connectivity index (χ2v) is 3.99. The average Bonchev–Trinajstić information content (AvgIpc) is 2.84. The van der Waals surface area contributed by atoms with Gasteiger partial charge in [-0.2, -0.15) is 18.3 Å². The molecule has 2 heterocycles. The molecule has 0 fully saturated rings. The van der Waals surface area contributed by atoms with E-state index in [0.29, 0.717) is 12.4 Å². The smallest absolute Gasteiger partial charge is 0.366 e. The fourth-order valence-corrected chi connectivity index (χ4v) is 1.53. The Balaban J connectivity index is 1.96. The first kappa shape index (κ1) is 13.4. The molecule has 4 nitrogen and oxygen atoms in total. The number of pyridine rings is 1. The molecule has 2 aromatic heterocycles. The van der Waals surface area contributed by atoms with Crippen molar-refractivity contribution in [1.29, 1.82) is 0 Å². The third kappa shape index (κ3) is 3.46. The third-order valence-electron chi connectivity index (χ3n) is 2.58. The van der Waals surface area contributed by atoms with Crippen LogP contribution in [0.25, 0.3) is 0 Å². The lowest BCUT2D eigenvalue weighted by Gasteiger charge is -2.07. The molecule has 7 heteroatoms. The maximum absolute atomic E-state index is 12.3. The molecule has 0 radical (unpaired) electrons. The molecule has 2 rings (SSSR count). The summed E-state index contributed by atoms with van der Waals surface area (Å²) in [6, 6.07) is 2.32. The lowest BCUT2D eigenvalue weighted by molar-refractivity contribution is -0.137. The Hall–Kier alpha value is -2.05. The number of halogens is 3. The molecule has 0 bridgehead atoms. The minimum absolute atomic E-state index is 0.400. The van der Waals surface area contributed by atoms with Gasteiger partial charge >= 0.3 is 6.18 Å². The SMILES string of the molecule is CCn1cc(CNc2ccc(C(F)(F)F)cn2)cn1. The Morgan fingerprint density at radius 3 is 2.58 bits per heavy atom. The van der Waals surface area contributed by atoms with Crippen LogP contribution in [0.1, 0.15) is 18.1 Å². The number of hydrogen-bond acceptors (Lipinski definition) is 3. The zero-order valence-corrected chi connectivity index (χ0v) is 10.3. The molecule has 19 heavy (non-hydrogen) atoms. The van der Waals surface area contributed by atoms with E-state index >= 15 is 0 Å². The van der Waals surface area contributed by atoms with Gasteiger partial charge in [-0.05, 0) is 19.1 Å². The highest BCUT2D eigenvalue weighted by atomic mass is 19.4. The standard InChI is InChI=1S/C12H13F3N4/c1-2-19-8-9(6-18-19)5-16-11-4-3-10(7-17-11)12(13,14)15/h3-4,6-8H,2,5H2,1H3,(H,16,17). The average molecular weight is 270 g/mol. The second kappa shape index (κ2) is 5.29. The van der Waals surface area contributed by atoms with Gasteiger partial charge in [-0.25, -0.2) is 4.98 Å². The van der Waals surface area contributed by atoms with Gasteiger partial charge in [0.15, 0.2) is 0 Å². The van der Waals surface area contributed by atoms with Crippen molar-refractivity contribution in [2.24, 2.45) is 0 Å². The summed E-state index contributed by atoms with van der Waals surface area (Å²) in [6.07, 6.45) is 0.0449. The molecule has 0 aromatic carbocycles. The van der Waals surface area contributed by atoms with E-state index in [0.717, 1.165) is 24.4 Å². The fraction of sp³-hybridized carbons (Fsp3) is 0.333. The predicted molar refractivity (Wildman–Crippen MR) is 64.5 cm³/mol. The van der Waals surface area contributed by atoms with Crippen LogP contribution in [0.2, 0.25) is 0 Å². The van der Waals surface area contributed by atoms with E-state index in [1.807, 2.05) is 13.1 Å². The molecule has 0 amide bonds. The topological polar surface area (TPSA) is 42.7 Å². The van der Waals surface area contributed by atoms with Crippen LogP contribution in [0.3, 0.4) is 0 Å². The van der Waals surface area contributed by atoms with Crippen molar-refractivity contribution in [3.63, 3.8) is 0 Å². The minimum atomic E-state index is -4.35. The maximum atomic E-state index is 12.3. The van der Waals surface area contributed by atoms with Gasteiger partial charge in [0.25, 0.3) is 0 Å².